The summed E-state index contributed by atoms with van der Waals surface area (Å²) in [5, 5.41) is 7.81. The van der Waals surface area contributed by atoms with E-state index in [1.807, 2.05) is 50.2 Å². The van der Waals surface area contributed by atoms with Crippen molar-refractivity contribution in [3.8, 4) is 5.75 Å². The summed E-state index contributed by atoms with van der Waals surface area (Å²) in [6, 6.07) is 16.6. The quantitative estimate of drug-likeness (QED) is 0.205. The number of anilines is 1. The smallest absolute Gasteiger partial charge is 0.282 e. The van der Waals surface area contributed by atoms with Gasteiger partial charge in [-0.05, 0) is 92.7 Å². The molecule has 0 bridgehead atoms. The number of aryl methyl sites for hydroxylation is 2. The number of benzene rings is 3. The van der Waals surface area contributed by atoms with Gasteiger partial charge in [0.25, 0.3) is 11.5 Å². The number of ether oxygens (including phenoxy) is 1. The number of nitrogens with one attached hydrogen (secondary N) is 1. The third kappa shape index (κ3) is 6.55. The topological polar surface area (TPSA) is 85.6 Å². The third-order valence-corrected chi connectivity index (χ3v) is 7.13. The first-order valence-corrected chi connectivity index (χ1v) is 13.9. The van der Waals surface area contributed by atoms with Gasteiger partial charge in [0, 0.05) is 16.6 Å². The van der Waals surface area contributed by atoms with E-state index in [9.17, 15) is 9.59 Å². The van der Waals surface area contributed by atoms with Crippen LogP contribution < -0.4 is 15.6 Å². The van der Waals surface area contributed by atoms with Crippen LogP contribution in [0, 0.1) is 6.92 Å². The number of aromatic nitrogens is 2. The average Bonchev–Trinajstić information content (AvgIpc) is 2.85. The largest absolute Gasteiger partial charge is 0.481 e. The molecular weight excluding hydrogens is 668 g/mol. The number of halogens is 3. The number of hydrogen-bond donors (Lipinski definition) is 1. The van der Waals surface area contributed by atoms with Crippen LogP contribution in [-0.4, -0.2) is 28.4 Å². The summed E-state index contributed by atoms with van der Waals surface area (Å²) in [5.41, 5.74) is 2.84. The number of amides is 1. The number of carbonyl (C=O) groups excluding carboxylic acids is 1. The van der Waals surface area contributed by atoms with Crippen LogP contribution in [0.15, 0.2) is 77.9 Å². The maximum atomic E-state index is 13.2. The fourth-order valence-electron chi connectivity index (χ4n) is 3.65. The first-order chi connectivity index (χ1) is 17.8. The lowest BCUT2D eigenvalue weighted by Gasteiger charge is -2.12. The molecule has 1 amide bonds. The first kappa shape index (κ1) is 27.2. The van der Waals surface area contributed by atoms with E-state index in [2.05, 4.69) is 63.2 Å². The Hall–Kier alpha value is -2.82. The lowest BCUT2D eigenvalue weighted by molar-refractivity contribution is -0.118. The van der Waals surface area contributed by atoms with Gasteiger partial charge in [-0.3, -0.25) is 9.59 Å². The summed E-state index contributed by atoms with van der Waals surface area (Å²) in [7, 11) is 0. The van der Waals surface area contributed by atoms with E-state index in [0.29, 0.717) is 37.8 Å². The van der Waals surface area contributed by atoms with E-state index in [1.165, 1.54) is 4.68 Å². The van der Waals surface area contributed by atoms with Crippen LogP contribution in [0.1, 0.15) is 30.3 Å². The molecule has 37 heavy (non-hydrogen) atoms. The molecule has 0 aliphatic heterocycles. The van der Waals surface area contributed by atoms with Crippen molar-refractivity contribution in [2.24, 2.45) is 5.10 Å². The summed E-state index contributed by atoms with van der Waals surface area (Å²) in [6.07, 6.45) is 3.03. The Labute approximate surface area is 239 Å². The van der Waals surface area contributed by atoms with Crippen LogP contribution in [0.5, 0.6) is 5.75 Å². The number of rotatable bonds is 8. The summed E-state index contributed by atoms with van der Waals surface area (Å²) in [6.45, 7) is 3.80. The van der Waals surface area contributed by atoms with Gasteiger partial charge in [0.15, 0.2) is 6.61 Å². The molecule has 0 fully saturated rings. The van der Waals surface area contributed by atoms with E-state index in [0.717, 1.165) is 27.7 Å². The van der Waals surface area contributed by atoms with Crippen molar-refractivity contribution in [1.82, 2.24) is 9.66 Å². The Bertz CT molecular complexity index is 1540. The zero-order valence-electron chi connectivity index (χ0n) is 20.1. The molecule has 7 nitrogen and oxygen atoms in total. The minimum atomic E-state index is -0.267. The van der Waals surface area contributed by atoms with Crippen molar-refractivity contribution in [1.29, 1.82) is 0 Å². The minimum absolute atomic E-state index is 0.160. The fraction of sp³-hybridized carbons (Fsp3) is 0.185. The molecule has 1 heterocycles. The van der Waals surface area contributed by atoms with Crippen molar-refractivity contribution >= 4 is 76.5 Å². The van der Waals surface area contributed by atoms with Crippen LogP contribution in [0.2, 0.25) is 0 Å². The molecule has 3 aromatic carbocycles. The SMILES string of the molecule is CCCc1nc2ccc(Br)cc2c(=O)n1N=Cc1cc(Br)c(OCC(=O)Nc2ccccc2C)c(Br)c1. The van der Waals surface area contributed by atoms with Gasteiger partial charge in [-0.1, -0.05) is 41.1 Å². The third-order valence-electron chi connectivity index (χ3n) is 5.46. The second-order valence-electron chi connectivity index (χ2n) is 8.27. The Morgan fingerprint density at radius 3 is 2.54 bits per heavy atom. The standard InChI is InChI=1S/C27H23Br3N4O3/c1-3-6-24-32-23-10-9-18(28)13-19(23)27(36)34(24)31-14-17-11-20(29)26(21(30)12-17)37-15-25(35)33-22-8-5-4-7-16(22)2/h4-5,7-14H,3,6,15H2,1-2H3,(H,33,35). The Morgan fingerprint density at radius 2 is 1.84 bits per heavy atom. The van der Waals surface area contributed by atoms with Crippen LogP contribution >= 0.6 is 47.8 Å². The van der Waals surface area contributed by atoms with Crippen molar-refractivity contribution in [2.45, 2.75) is 26.7 Å². The summed E-state index contributed by atoms with van der Waals surface area (Å²) < 4.78 is 9.18. The molecule has 190 valence electrons. The zero-order chi connectivity index (χ0) is 26.5. The molecule has 0 aliphatic carbocycles. The zero-order valence-corrected chi connectivity index (χ0v) is 24.9. The van der Waals surface area contributed by atoms with Gasteiger partial charge in [-0.15, -0.1) is 0 Å². The molecule has 10 heteroatoms. The predicted molar refractivity (Wildman–Crippen MR) is 158 cm³/mol. The first-order valence-electron chi connectivity index (χ1n) is 11.5. The molecule has 0 saturated carbocycles. The Kier molecular flexibility index (Phi) is 8.94. The van der Waals surface area contributed by atoms with Gasteiger partial charge in [-0.2, -0.15) is 9.78 Å². The second-order valence-corrected chi connectivity index (χ2v) is 10.9. The molecule has 4 rings (SSSR count). The van der Waals surface area contributed by atoms with E-state index in [-0.39, 0.29) is 18.1 Å². The maximum absolute atomic E-state index is 13.2. The van der Waals surface area contributed by atoms with Gasteiger partial charge >= 0.3 is 0 Å². The molecule has 0 unspecified atom stereocenters. The van der Waals surface area contributed by atoms with E-state index >= 15 is 0 Å². The van der Waals surface area contributed by atoms with Crippen molar-refractivity contribution < 1.29 is 9.53 Å². The molecule has 0 atom stereocenters. The molecule has 4 aromatic rings. The van der Waals surface area contributed by atoms with Gasteiger partial charge < -0.3 is 10.1 Å². The molecule has 0 saturated heterocycles. The number of nitrogens with zero attached hydrogens (tertiary/aromatic N) is 3. The van der Waals surface area contributed by atoms with Gasteiger partial charge in [-0.25, -0.2) is 4.98 Å². The number of hydrogen-bond acceptors (Lipinski definition) is 5. The van der Waals surface area contributed by atoms with Gasteiger partial charge in [0.1, 0.15) is 11.6 Å². The van der Waals surface area contributed by atoms with E-state index in [1.54, 1.807) is 24.4 Å². The number of carbonyl (C=O) groups is 1. The summed E-state index contributed by atoms with van der Waals surface area (Å²) in [4.78, 5) is 30.2. The van der Waals surface area contributed by atoms with Crippen LogP contribution in [0.3, 0.4) is 0 Å². The Morgan fingerprint density at radius 1 is 1.11 bits per heavy atom. The maximum Gasteiger partial charge on any atom is 0.282 e. The molecular formula is C27H23Br3N4O3. The van der Waals surface area contributed by atoms with Crippen molar-refractivity contribution in [3.05, 3.63) is 95.3 Å². The van der Waals surface area contributed by atoms with E-state index in [4.69, 9.17) is 4.74 Å². The molecule has 0 spiro atoms. The molecule has 0 aliphatic rings. The van der Waals surface area contributed by atoms with Gasteiger partial charge in [0.2, 0.25) is 0 Å². The normalized spacial score (nSPS) is 11.3. The van der Waals surface area contributed by atoms with Gasteiger partial charge in [0.05, 0.1) is 26.1 Å². The highest BCUT2D eigenvalue weighted by Crippen LogP contribution is 2.34. The van der Waals surface area contributed by atoms with Crippen molar-refractivity contribution in [3.63, 3.8) is 0 Å². The highest BCUT2D eigenvalue weighted by molar-refractivity contribution is 9.11. The highest BCUT2D eigenvalue weighted by atomic mass is 79.9. The van der Waals surface area contributed by atoms with Crippen LogP contribution in [0.25, 0.3) is 10.9 Å². The lowest BCUT2D eigenvalue weighted by Crippen LogP contribution is -2.22. The number of fused-ring (bicyclic) bond motifs is 1. The van der Waals surface area contributed by atoms with Crippen LogP contribution in [-0.2, 0) is 11.2 Å². The van der Waals surface area contributed by atoms with Crippen molar-refractivity contribution in [2.75, 3.05) is 11.9 Å². The summed E-state index contributed by atoms with van der Waals surface area (Å²) >= 11 is 10.4. The van der Waals surface area contributed by atoms with Crippen LogP contribution in [0.4, 0.5) is 5.69 Å². The molecule has 1 N–H and O–H groups in total. The highest BCUT2D eigenvalue weighted by Gasteiger charge is 2.13. The second kappa shape index (κ2) is 12.1. The molecule has 0 radical (unpaired) electrons. The lowest BCUT2D eigenvalue weighted by atomic mass is 10.2. The predicted octanol–water partition coefficient (Wildman–Crippen LogP) is 6.84. The number of para-hydroxylation sites is 1. The molecule has 1 aromatic heterocycles. The monoisotopic (exact) mass is 688 g/mol. The minimum Gasteiger partial charge on any atom is -0.481 e. The average molecular weight is 691 g/mol. The Balaban J connectivity index is 1.55. The fourth-order valence-corrected chi connectivity index (χ4v) is 5.46. The van der Waals surface area contributed by atoms with E-state index < -0.39 is 0 Å². The summed E-state index contributed by atoms with van der Waals surface area (Å²) in [5.74, 6) is 0.812.